The molecule has 2 aliphatic rings. The summed E-state index contributed by atoms with van der Waals surface area (Å²) in [4.78, 5) is 21.9. The zero-order valence-electron chi connectivity index (χ0n) is 11.5. The van der Waals surface area contributed by atoms with Gasteiger partial charge in [0.25, 0.3) is 0 Å². The van der Waals surface area contributed by atoms with Crippen LogP contribution in [0.5, 0.6) is 0 Å². The van der Waals surface area contributed by atoms with Crippen molar-refractivity contribution in [3.8, 4) is 0 Å². The van der Waals surface area contributed by atoms with E-state index in [1.807, 2.05) is 25.6 Å². The van der Waals surface area contributed by atoms with Crippen molar-refractivity contribution >= 4 is 23.6 Å². The van der Waals surface area contributed by atoms with Crippen molar-refractivity contribution in [1.29, 1.82) is 0 Å². The number of carbonyl (C=O) groups is 2. The fourth-order valence-electron chi connectivity index (χ4n) is 2.36. The zero-order chi connectivity index (χ0) is 13.5. The van der Waals surface area contributed by atoms with Crippen molar-refractivity contribution in [2.45, 2.75) is 63.8 Å². The lowest BCUT2D eigenvalue weighted by Crippen LogP contribution is -2.36. The molecule has 0 radical (unpaired) electrons. The number of carbonyl (C=O) groups excluding carboxylic acids is 2. The van der Waals surface area contributed by atoms with Gasteiger partial charge in [-0.2, -0.15) is 11.8 Å². The molecular weight excluding hydrogens is 248 g/mol. The highest BCUT2D eigenvalue weighted by molar-refractivity contribution is 8.00. The van der Waals surface area contributed by atoms with Gasteiger partial charge in [-0.3, -0.25) is 0 Å². The summed E-state index contributed by atoms with van der Waals surface area (Å²) in [6.45, 7) is 5.64. The lowest BCUT2D eigenvalue weighted by Gasteiger charge is -2.16. The Morgan fingerprint density at radius 3 is 2.72 bits per heavy atom. The summed E-state index contributed by atoms with van der Waals surface area (Å²) in [6.07, 6.45) is 3.85. The van der Waals surface area contributed by atoms with Gasteiger partial charge in [-0.1, -0.05) is 20.3 Å². The Labute approximate surface area is 114 Å². The fraction of sp³-hybridized carbons (Fsp3) is 0.846. The van der Waals surface area contributed by atoms with Gasteiger partial charge in [-0.15, -0.1) is 0 Å². The first-order chi connectivity index (χ1) is 8.66. The summed E-state index contributed by atoms with van der Waals surface area (Å²) in [5.74, 6) is 1.29. The minimum absolute atomic E-state index is 0.0240. The van der Waals surface area contributed by atoms with E-state index in [4.69, 9.17) is 0 Å². The first kappa shape index (κ1) is 15.3. The van der Waals surface area contributed by atoms with Crippen molar-refractivity contribution in [2.24, 2.45) is 0 Å². The number of hydrogen-bond acceptors (Lipinski definition) is 3. The normalized spacial score (nSPS) is 28.8. The maximum absolute atomic E-state index is 11.1. The van der Waals surface area contributed by atoms with Crippen molar-refractivity contribution in [2.75, 3.05) is 5.75 Å². The standard InChI is InChI=1S/C11H18N2O2S.C2H6/c1-7(14)4-2-3-5-9-10-8(6-16-9)12-11(15)13-10;1-2/h8-10H,2-6H2,1H3,(H2,12,13,15);1-2H3/t8-,9-,10-;/m0./s1. The molecule has 0 aromatic carbocycles. The Bertz CT molecular complexity index is 297. The van der Waals surface area contributed by atoms with E-state index in [2.05, 4.69) is 10.6 Å². The number of ketones is 1. The topological polar surface area (TPSA) is 58.2 Å². The smallest absolute Gasteiger partial charge is 0.315 e. The number of thioether (sulfide) groups is 1. The molecule has 5 heteroatoms. The van der Waals surface area contributed by atoms with Gasteiger partial charge in [-0.25, -0.2) is 4.79 Å². The van der Waals surface area contributed by atoms with E-state index in [0.29, 0.717) is 23.8 Å². The molecule has 3 atom stereocenters. The molecule has 104 valence electrons. The van der Waals surface area contributed by atoms with Crippen LogP contribution in [0.15, 0.2) is 0 Å². The van der Waals surface area contributed by atoms with E-state index in [9.17, 15) is 9.59 Å². The number of amides is 2. The second-order valence-electron chi connectivity index (χ2n) is 4.57. The average Bonchev–Trinajstić information content (AvgIpc) is 2.87. The number of fused-ring (bicyclic) bond motifs is 1. The molecule has 4 nitrogen and oxygen atoms in total. The third-order valence-electron chi connectivity index (χ3n) is 3.21. The molecule has 0 saturated carbocycles. The minimum atomic E-state index is -0.0240. The van der Waals surface area contributed by atoms with Gasteiger partial charge >= 0.3 is 6.03 Å². The summed E-state index contributed by atoms with van der Waals surface area (Å²) in [6, 6.07) is 0.592. The highest BCUT2D eigenvalue weighted by Crippen LogP contribution is 2.33. The Morgan fingerprint density at radius 2 is 2.06 bits per heavy atom. The lowest BCUT2D eigenvalue weighted by molar-refractivity contribution is -0.117. The van der Waals surface area contributed by atoms with E-state index in [1.54, 1.807) is 6.92 Å². The van der Waals surface area contributed by atoms with Gasteiger partial charge < -0.3 is 15.4 Å². The van der Waals surface area contributed by atoms with Crippen LogP contribution in [0.1, 0.15) is 46.5 Å². The van der Waals surface area contributed by atoms with Crippen LogP contribution >= 0.6 is 11.8 Å². The zero-order valence-corrected chi connectivity index (χ0v) is 12.3. The number of Topliss-reactive ketones (excluding diaryl/α,β-unsaturated/α-hetero) is 1. The second-order valence-corrected chi connectivity index (χ2v) is 5.84. The van der Waals surface area contributed by atoms with Gasteiger partial charge in [-0.05, 0) is 19.8 Å². The molecule has 0 aliphatic carbocycles. The molecule has 2 saturated heterocycles. The Balaban J connectivity index is 0.000000771. The molecule has 0 aromatic heterocycles. The van der Waals surface area contributed by atoms with Crippen LogP contribution in [0.2, 0.25) is 0 Å². The first-order valence-corrected chi connectivity index (χ1v) is 7.90. The van der Waals surface area contributed by atoms with E-state index in [0.717, 1.165) is 25.0 Å². The molecule has 2 fully saturated rings. The SMILES string of the molecule is CC.CC(=O)CCCC[C@@H]1SC[C@@H]2NC(=O)N[C@@H]21. The van der Waals surface area contributed by atoms with E-state index in [1.165, 1.54) is 0 Å². The molecule has 0 bridgehead atoms. The molecule has 2 rings (SSSR count). The minimum Gasteiger partial charge on any atom is -0.332 e. The largest absolute Gasteiger partial charge is 0.332 e. The maximum atomic E-state index is 11.1. The molecule has 0 unspecified atom stereocenters. The summed E-state index contributed by atoms with van der Waals surface area (Å²) in [5.41, 5.74) is 0. The highest BCUT2D eigenvalue weighted by Gasteiger charge is 2.42. The third-order valence-corrected chi connectivity index (χ3v) is 4.71. The van der Waals surface area contributed by atoms with Gasteiger partial charge in [0.05, 0.1) is 12.1 Å². The van der Waals surface area contributed by atoms with Crippen LogP contribution in [0.3, 0.4) is 0 Å². The van der Waals surface area contributed by atoms with Crippen LogP contribution in [0.4, 0.5) is 4.79 Å². The number of rotatable bonds is 5. The summed E-state index contributed by atoms with van der Waals surface area (Å²) >= 11 is 1.93. The number of nitrogens with one attached hydrogen (secondary N) is 2. The van der Waals surface area contributed by atoms with Crippen LogP contribution in [-0.2, 0) is 4.79 Å². The Hall–Kier alpha value is -0.710. The predicted molar refractivity (Wildman–Crippen MR) is 76.0 cm³/mol. The molecule has 2 aliphatic heterocycles. The highest BCUT2D eigenvalue weighted by atomic mass is 32.2. The van der Waals surface area contributed by atoms with Crippen molar-refractivity contribution in [3.63, 3.8) is 0 Å². The summed E-state index contributed by atoms with van der Waals surface area (Å²) in [5, 5.41) is 6.43. The van der Waals surface area contributed by atoms with Gasteiger partial charge in [0, 0.05) is 17.4 Å². The molecule has 0 spiro atoms. The monoisotopic (exact) mass is 272 g/mol. The van der Waals surface area contributed by atoms with Crippen LogP contribution in [-0.4, -0.2) is 34.9 Å². The summed E-state index contributed by atoms with van der Waals surface area (Å²) < 4.78 is 0. The van der Waals surface area contributed by atoms with Crippen LogP contribution in [0, 0.1) is 0 Å². The molecule has 2 amide bonds. The second kappa shape index (κ2) is 7.67. The first-order valence-electron chi connectivity index (χ1n) is 6.85. The van der Waals surface area contributed by atoms with Gasteiger partial charge in [0.15, 0.2) is 0 Å². The van der Waals surface area contributed by atoms with E-state index >= 15 is 0 Å². The summed E-state index contributed by atoms with van der Waals surface area (Å²) in [7, 11) is 0. The lowest BCUT2D eigenvalue weighted by atomic mass is 10.0. The number of urea groups is 1. The molecule has 0 aromatic rings. The molecular formula is C13H24N2O2S. The van der Waals surface area contributed by atoms with Crippen molar-refractivity contribution < 1.29 is 9.59 Å². The number of unbranched alkanes of at least 4 members (excludes halogenated alkanes) is 1. The van der Waals surface area contributed by atoms with Crippen molar-refractivity contribution in [3.05, 3.63) is 0 Å². The van der Waals surface area contributed by atoms with E-state index in [-0.39, 0.29) is 11.8 Å². The molecule has 18 heavy (non-hydrogen) atoms. The van der Waals surface area contributed by atoms with Crippen LogP contribution in [0.25, 0.3) is 0 Å². The average molecular weight is 272 g/mol. The predicted octanol–water partition coefficient (Wildman–Crippen LogP) is 2.33. The maximum Gasteiger partial charge on any atom is 0.315 e. The quantitative estimate of drug-likeness (QED) is 0.596. The third kappa shape index (κ3) is 4.19. The fourth-order valence-corrected chi connectivity index (χ4v) is 3.91. The van der Waals surface area contributed by atoms with E-state index < -0.39 is 0 Å². The Kier molecular flexibility index (Phi) is 6.54. The van der Waals surface area contributed by atoms with Gasteiger partial charge in [0.1, 0.15) is 5.78 Å². The molecule has 2 N–H and O–H groups in total. The number of hydrogen-bond donors (Lipinski definition) is 2. The van der Waals surface area contributed by atoms with Crippen LogP contribution < -0.4 is 10.6 Å². The van der Waals surface area contributed by atoms with Crippen molar-refractivity contribution in [1.82, 2.24) is 10.6 Å². The van der Waals surface area contributed by atoms with Gasteiger partial charge in [0.2, 0.25) is 0 Å². The Morgan fingerprint density at radius 1 is 1.33 bits per heavy atom. The molecule has 2 heterocycles.